The summed E-state index contributed by atoms with van der Waals surface area (Å²) in [4.78, 5) is 13.7. The fraction of sp³-hybridized carbons (Fsp3) is 0.278. The number of rotatable bonds is 7. The molecule has 0 aromatic heterocycles. The Morgan fingerprint density at radius 1 is 1.08 bits per heavy atom. The molecule has 2 aromatic rings. The van der Waals surface area contributed by atoms with E-state index in [9.17, 15) is 22.4 Å². The fourth-order valence-electron chi connectivity index (χ4n) is 2.36. The number of carbonyl (C=O) groups excluding carboxylic acids is 1. The van der Waals surface area contributed by atoms with Gasteiger partial charge in [0, 0.05) is 25.2 Å². The van der Waals surface area contributed by atoms with Gasteiger partial charge in [0.15, 0.2) is 0 Å². The maximum absolute atomic E-state index is 14.1. The second-order valence-electron chi connectivity index (χ2n) is 5.31. The minimum atomic E-state index is -3.22. The number of hydrogen-bond donors (Lipinski definition) is 0. The predicted molar refractivity (Wildman–Crippen MR) is 86.4 cm³/mol. The minimum absolute atomic E-state index is 0.119. The topological polar surface area (TPSA) is 38.8 Å². The summed E-state index contributed by atoms with van der Waals surface area (Å²) in [5, 5.41) is 0. The quantitative estimate of drug-likeness (QED) is 0.684. The molecule has 2 aromatic carbocycles. The van der Waals surface area contributed by atoms with Crippen LogP contribution in [-0.2, 0) is 6.54 Å². The minimum Gasteiger partial charge on any atom is -0.497 e. The first-order valence-corrected chi connectivity index (χ1v) is 7.71. The molecule has 0 aliphatic carbocycles. The highest BCUT2D eigenvalue weighted by atomic mass is 19.3. The third kappa shape index (κ3) is 4.65. The van der Waals surface area contributed by atoms with Crippen molar-refractivity contribution >= 4 is 5.91 Å². The first-order chi connectivity index (χ1) is 12.3. The summed E-state index contributed by atoms with van der Waals surface area (Å²) < 4.78 is 61.6. The Morgan fingerprint density at radius 3 is 2.12 bits per heavy atom. The number of nitrogens with zero attached hydrogens (tertiary/aromatic N) is 1. The predicted octanol–water partition coefficient (Wildman–Crippen LogP) is 4.24. The number of halogens is 4. The van der Waals surface area contributed by atoms with E-state index >= 15 is 0 Å². The van der Waals surface area contributed by atoms with Gasteiger partial charge in [0.05, 0.1) is 7.11 Å². The highest BCUT2D eigenvalue weighted by Gasteiger charge is 2.24. The van der Waals surface area contributed by atoms with Crippen LogP contribution in [-0.4, -0.2) is 31.1 Å². The molecule has 140 valence electrons. The van der Waals surface area contributed by atoms with E-state index in [0.29, 0.717) is 17.9 Å². The van der Waals surface area contributed by atoms with E-state index in [-0.39, 0.29) is 13.1 Å². The molecule has 0 unspecified atom stereocenters. The number of amides is 1. The van der Waals surface area contributed by atoms with Crippen molar-refractivity contribution in [3.05, 3.63) is 59.2 Å². The van der Waals surface area contributed by atoms with Crippen molar-refractivity contribution in [3.63, 3.8) is 0 Å². The SMILES string of the molecule is CCN(Cc1ccc(OC)cc1)C(=O)c1c(F)cc(OC(F)F)cc1F. The summed E-state index contributed by atoms with van der Waals surface area (Å²) in [5.41, 5.74) is -0.0820. The van der Waals surface area contributed by atoms with Gasteiger partial charge in [-0.3, -0.25) is 4.79 Å². The lowest BCUT2D eigenvalue weighted by atomic mass is 10.1. The molecule has 0 spiro atoms. The maximum Gasteiger partial charge on any atom is 0.387 e. The van der Waals surface area contributed by atoms with E-state index in [1.165, 1.54) is 12.0 Å². The van der Waals surface area contributed by atoms with Gasteiger partial charge >= 0.3 is 6.61 Å². The molecule has 0 heterocycles. The molecule has 0 aliphatic rings. The zero-order valence-electron chi connectivity index (χ0n) is 14.1. The molecule has 4 nitrogen and oxygen atoms in total. The van der Waals surface area contributed by atoms with Crippen LogP contribution >= 0.6 is 0 Å². The highest BCUT2D eigenvalue weighted by molar-refractivity contribution is 5.95. The summed E-state index contributed by atoms with van der Waals surface area (Å²) >= 11 is 0. The Kier molecular flexibility index (Phi) is 6.43. The Bertz CT molecular complexity index is 743. The summed E-state index contributed by atoms with van der Waals surface area (Å²) in [6.07, 6.45) is 0. The number of carbonyl (C=O) groups is 1. The smallest absolute Gasteiger partial charge is 0.387 e. The molecular formula is C18H17F4NO3. The molecule has 26 heavy (non-hydrogen) atoms. The highest BCUT2D eigenvalue weighted by Crippen LogP contribution is 2.24. The molecule has 8 heteroatoms. The van der Waals surface area contributed by atoms with E-state index in [1.54, 1.807) is 31.2 Å². The molecular weight excluding hydrogens is 354 g/mol. The second kappa shape index (κ2) is 8.55. The summed E-state index contributed by atoms with van der Waals surface area (Å²) in [6.45, 7) is -1.25. The monoisotopic (exact) mass is 371 g/mol. The lowest BCUT2D eigenvalue weighted by Gasteiger charge is -2.22. The molecule has 0 N–H and O–H groups in total. The standard InChI is InChI=1S/C18H17F4NO3/c1-3-23(10-11-4-6-12(25-2)7-5-11)17(24)16-14(19)8-13(9-15(16)20)26-18(21)22/h4-9,18H,3,10H2,1-2H3. The van der Waals surface area contributed by atoms with Crippen LogP contribution in [0.15, 0.2) is 36.4 Å². The van der Waals surface area contributed by atoms with Crippen molar-refractivity contribution in [2.45, 2.75) is 20.1 Å². The number of benzene rings is 2. The Morgan fingerprint density at radius 2 is 1.65 bits per heavy atom. The molecule has 0 fully saturated rings. The molecule has 0 saturated carbocycles. The van der Waals surface area contributed by atoms with E-state index in [0.717, 1.165) is 5.56 Å². The van der Waals surface area contributed by atoms with Gasteiger partial charge in [-0.15, -0.1) is 0 Å². The normalized spacial score (nSPS) is 10.7. The number of alkyl halides is 2. The van der Waals surface area contributed by atoms with Gasteiger partial charge in [0.1, 0.15) is 28.7 Å². The van der Waals surface area contributed by atoms with Crippen molar-refractivity contribution in [1.82, 2.24) is 4.90 Å². The van der Waals surface area contributed by atoms with Gasteiger partial charge in [0.2, 0.25) is 0 Å². The molecule has 0 bridgehead atoms. The van der Waals surface area contributed by atoms with Crippen LogP contribution in [0.25, 0.3) is 0 Å². The number of methoxy groups -OCH3 is 1. The molecule has 0 saturated heterocycles. The Balaban J connectivity index is 2.24. The molecule has 0 atom stereocenters. The molecule has 1 amide bonds. The van der Waals surface area contributed by atoms with Crippen molar-refractivity contribution in [3.8, 4) is 11.5 Å². The third-order valence-corrected chi connectivity index (χ3v) is 3.66. The molecule has 0 aliphatic heterocycles. The van der Waals surface area contributed by atoms with E-state index in [2.05, 4.69) is 4.74 Å². The van der Waals surface area contributed by atoms with Gasteiger partial charge in [-0.2, -0.15) is 8.78 Å². The number of ether oxygens (including phenoxy) is 2. The summed E-state index contributed by atoms with van der Waals surface area (Å²) in [5.74, 6) is -3.47. The molecule has 2 rings (SSSR count). The van der Waals surface area contributed by atoms with Crippen LogP contribution in [0.3, 0.4) is 0 Å². The van der Waals surface area contributed by atoms with Crippen molar-refractivity contribution in [2.75, 3.05) is 13.7 Å². The lowest BCUT2D eigenvalue weighted by molar-refractivity contribution is -0.0501. The van der Waals surface area contributed by atoms with E-state index < -0.39 is 35.5 Å². The average molecular weight is 371 g/mol. The first kappa shape index (κ1) is 19.6. The van der Waals surface area contributed by atoms with Gasteiger partial charge in [-0.25, -0.2) is 8.78 Å². The maximum atomic E-state index is 14.1. The van der Waals surface area contributed by atoms with Crippen LogP contribution in [0.1, 0.15) is 22.8 Å². The van der Waals surface area contributed by atoms with Crippen LogP contribution in [0.4, 0.5) is 17.6 Å². The van der Waals surface area contributed by atoms with Gasteiger partial charge < -0.3 is 14.4 Å². The van der Waals surface area contributed by atoms with Crippen LogP contribution < -0.4 is 9.47 Å². The van der Waals surface area contributed by atoms with E-state index in [4.69, 9.17) is 4.74 Å². The zero-order valence-corrected chi connectivity index (χ0v) is 14.1. The summed E-state index contributed by atoms with van der Waals surface area (Å²) in [7, 11) is 1.52. The Hall–Kier alpha value is -2.77. The van der Waals surface area contributed by atoms with Crippen molar-refractivity contribution in [1.29, 1.82) is 0 Å². The van der Waals surface area contributed by atoms with Crippen LogP contribution in [0.2, 0.25) is 0 Å². The van der Waals surface area contributed by atoms with Gasteiger partial charge in [0.25, 0.3) is 5.91 Å². The first-order valence-electron chi connectivity index (χ1n) is 7.71. The largest absolute Gasteiger partial charge is 0.497 e. The van der Waals surface area contributed by atoms with Gasteiger partial charge in [-0.05, 0) is 24.6 Å². The third-order valence-electron chi connectivity index (χ3n) is 3.66. The van der Waals surface area contributed by atoms with Crippen molar-refractivity contribution in [2.24, 2.45) is 0 Å². The van der Waals surface area contributed by atoms with Crippen LogP contribution in [0.5, 0.6) is 11.5 Å². The second-order valence-corrected chi connectivity index (χ2v) is 5.31. The summed E-state index contributed by atoms with van der Waals surface area (Å²) in [6, 6.07) is 7.96. The van der Waals surface area contributed by atoms with Gasteiger partial charge in [-0.1, -0.05) is 12.1 Å². The average Bonchev–Trinajstić information content (AvgIpc) is 2.58. The molecule has 0 radical (unpaired) electrons. The van der Waals surface area contributed by atoms with E-state index in [1.807, 2.05) is 0 Å². The van der Waals surface area contributed by atoms with Crippen molar-refractivity contribution < 1.29 is 31.8 Å². The fourth-order valence-corrected chi connectivity index (χ4v) is 2.36. The lowest BCUT2D eigenvalue weighted by Crippen LogP contribution is -2.31. The Labute approximate surface area is 147 Å². The zero-order chi connectivity index (χ0) is 19.3. The number of hydrogen-bond acceptors (Lipinski definition) is 3. The van der Waals surface area contributed by atoms with Crippen LogP contribution in [0, 0.1) is 11.6 Å².